The molecule has 38 heavy (non-hydrogen) atoms. The molecule has 4 heterocycles. The second-order valence-corrected chi connectivity index (χ2v) is 10.4. The summed E-state index contributed by atoms with van der Waals surface area (Å²) < 4.78 is 5.25. The monoisotopic (exact) mass is 729 g/mol. The highest BCUT2D eigenvalue weighted by atomic mass is 127. The molecule has 0 aliphatic heterocycles. The van der Waals surface area contributed by atoms with E-state index in [0.717, 1.165) is 23.6 Å². The number of para-hydroxylation sites is 2. The van der Waals surface area contributed by atoms with Crippen molar-refractivity contribution in [1.82, 2.24) is 29.5 Å². The SMILES string of the molecule is NC(=O)c1nn(-c2cc(I)ccn2)c2ccccc12.O=C(O)c1nn(-c2cc(I)ccn2)c2ccccc12. The van der Waals surface area contributed by atoms with E-state index in [9.17, 15) is 14.7 Å². The van der Waals surface area contributed by atoms with Crippen molar-refractivity contribution in [2.75, 3.05) is 0 Å². The molecular weight excluding hydrogens is 712 g/mol. The summed E-state index contributed by atoms with van der Waals surface area (Å²) in [5.74, 6) is -0.313. The van der Waals surface area contributed by atoms with Crippen LogP contribution in [-0.4, -0.2) is 46.5 Å². The van der Waals surface area contributed by atoms with Crippen LogP contribution in [0.25, 0.3) is 33.4 Å². The number of nitrogens with zero attached hydrogens (tertiary/aromatic N) is 6. The first-order chi connectivity index (χ1) is 18.3. The molecule has 1 amide bonds. The number of carbonyl (C=O) groups excluding carboxylic acids is 1. The summed E-state index contributed by atoms with van der Waals surface area (Å²) in [4.78, 5) is 31.2. The van der Waals surface area contributed by atoms with Gasteiger partial charge in [0.1, 0.15) is 0 Å². The van der Waals surface area contributed by atoms with E-state index in [1.54, 1.807) is 33.9 Å². The molecule has 0 radical (unpaired) electrons. The van der Waals surface area contributed by atoms with Crippen LogP contribution in [-0.2, 0) is 0 Å². The van der Waals surface area contributed by atoms with Crippen molar-refractivity contribution in [1.29, 1.82) is 0 Å². The summed E-state index contributed by atoms with van der Waals surface area (Å²) >= 11 is 4.38. The Hall–Kier alpha value is -3.92. The summed E-state index contributed by atoms with van der Waals surface area (Å²) in [6, 6.07) is 22.2. The van der Waals surface area contributed by atoms with Crippen LogP contribution in [0.3, 0.4) is 0 Å². The molecule has 2 aromatic carbocycles. The number of aromatic nitrogens is 6. The van der Waals surface area contributed by atoms with Crippen LogP contribution in [0.2, 0.25) is 0 Å². The fourth-order valence-electron chi connectivity index (χ4n) is 3.84. The normalized spacial score (nSPS) is 10.8. The number of pyridine rings is 2. The Morgan fingerprint density at radius 1 is 0.711 bits per heavy atom. The van der Waals surface area contributed by atoms with Gasteiger partial charge in [-0.25, -0.2) is 24.1 Å². The van der Waals surface area contributed by atoms with Crippen LogP contribution in [0.5, 0.6) is 0 Å². The molecule has 0 aliphatic carbocycles. The zero-order valence-corrected chi connectivity index (χ0v) is 23.7. The maximum Gasteiger partial charge on any atom is 0.357 e. The van der Waals surface area contributed by atoms with Gasteiger partial charge in [-0.15, -0.1) is 0 Å². The highest BCUT2D eigenvalue weighted by Crippen LogP contribution is 2.23. The van der Waals surface area contributed by atoms with Crippen LogP contribution in [0.15, 0.2) is 85.2 Å². The van der Waals surface area contributed by atoms with Crippen molar-refractivity contribution in [3.05, 3.63) is 104 Å². The number of carboxylic acid groups (broad SMARTS) is 1. The molecule has 6 rings (SSSR count). The average Bonchev–Trinajstić information content (AvgIpc) is 3.49. The Labute approximate surface area is 242 Å². The molecule has 0 saturated heterocycles. The predicted molar refractivity (Wildman–Crippen MR) is 159 cm³/mol. The minimum Gasteiger partial charge on any atom is -0.476 e. The molecule has 4 aromatic heterocycles. The number of aromatic carboxylic acids is 1. The van der Waals surface area contributed by atoms with Crippen molar-refractivity contribution in [3.8, 4) is 11.6 Å². The number of fused-ring (bicyclic) bond motifs is 2. The quantitative estimate of drug-likeness (QED) is 0.247. The van der Waals surface area contributed by atoms with Gasteiger partial charge < -0.3 is 10.8 Å². The first kappa shape index (κ1) is 25.7. The molecule has 188 valence electrons. The molecule has 0 saturated carbocycles. The second kappa shape index (κ2) is 10.8. The Balaban J connectivity index is 0.000000155. The van der Waals surface area contributed by atoms with Crippen LogP contribution in [0.1, 0.15) is 21.0 Å². The van der Waals surface area contributed by atoms with Gasteiger partial charge in [0.05, 0.1) is 11.0 Å². The summed E-state index contributed by atoms with van der Waals surface area (Å²) in [5.41, 5.74) is 7.20. The lowest BCUT2D eigenvalue weighted by molar-refractivity contribution is 0.0691. The standard InChI is InChI=1S/C13H9IN4O.C13H8IN3O2/c14-8-5-6-16-11(7-8)18-10-4-2-1-3-9(10)12(17-18)13(15)19;14-8-5-6-15-11(7-8)17-10-4-2-1-3-9(10)12(16-17)13(18)19/h1-7H,(H2,15,19);1-7H,(H,18,19). The van der Waals surface area contributed by atoms with E-state index in [2.05, 4.69) is 65.3 Å². The molecule has 0 aliphatic rings. The van der Waals surface area contributed by atoms with E-state index in [1.807, 2.05) is 60.7 Å². The number of rotatable bonds is 4. The van der Waals surface area contributed by atoms with Gasteiger partial charge in [0.15, 0.2) is 23.0 Å². The molecule has 10 nitrogen and oxygen atoms in total. The first-order valence-corrected chi connectivity index (χ1v) is 13.2. The molecule has 3 N–H and O–H groups in total. The smallest absolute Gasteiger partial charge is 0.357 e. The first-order valence-electron chi connectivity index (χ1n) is 11.1. The molecular formula is C26H17I2N7O3. The summed E-state index contributed by atoms with van der Waals surface area (Å²) in [6.07, 6.45) is 3.38. The van der Waals surface area contributed by atoms with Crippen LogP contribution in [0, 0.1) is 7.14 Å². The third-order valence-corrected chi connectivity index (χ3v) is 6.80. The van der Waals surface area contributed by atoms with Gasteiger partial charge in [-0.2, -0.15) is 10.2 Å². The summed E-state index contributed by atoms with van der Waals surface area (Å²) in [5, 5.41) is 19.0. The van der Waals surface area contributed by atoms with Crippen LogP contribution in [0.4, 0.5) is 0 Å². The van der Waals surface area contributed by atoms with Gasteiger partial charge in [0, 0.05) is 30.3 Å². The largest absolute Gasteiger partial charge is 0.476 e. The van der Waals surface area contributed by atoms with E-state index in [0.29, 0.717) is 17.0 Å². The number of carboxylic acids is 1. The fraction of sp³-hybridized carbons (Fsp3) is 0. The topological polar surface area (TPSA) is 142 Å². The van der Waals surface area contributed by atoms with Gasteiger partial charge in [-0.05, 0) is 81.6 Å². The maximum absolute atomic E-state index is 11.5. The zero-order valence-electron chi connectivity index (χ0n) is 19.4. The van der Waals surface area contributed by atoms with E-state index in [1.165, 1.54) is 0 Å². The summed E-state index contributed by atoms with van der Waals surface area (Å²) in [7, 11) is 0. The maximum atomic E-state index is 11.5. The number of benzene rings is 2. The highest BCUT2D eigenvalue weighted by molar-refractivity contribution is 14.1. The van der Waals surface area contributed by atoms with E-state index >= 15 is 0 Å². The van der Waals surface area contributed by atoms with Gasteiger partial charge in [-0.1, -0.05) is 36.4 Å². The molecule has 0 unspecified atom stereocenters. The molecule has 0 fully saturated rings. The third-order valence-electron chi connectivity index (χ3n) is 5.46. The Morgan fingerprint density at radius 3 is 1.61 bits per heavy atom. The molecule has 12 heteroatoms. The van der Waals surface area contributed by atoms with Crippen molar-refractivity contribution in [3.63, 3.8) is 0 Å². The van der Waals surface area contributed by atoms with Gasteiger partial charge in [-0.3, -0.25) is 4.79 Å². The fourth-order valence-corrected chi connectivity index (χ4v) is 4.72. The van der Waals surface area contributed by atoms with Crippen molar-refractivity contribution in [2.45, 2.75) is 0 Å². The highest BCUT2D eigenvalue weighted by Gasteiger charge is 2.17. The zero-order chi connectivity index (χ0) is 26.8. The number of primary amides is 1. The lowest BCUT2D eigenvalue weighted by Gasteiger charge is -2.02. The minimum absolute atomic E-state index is 0.0382. The van der Waals surface area contributed by atoms with Gasteiger partial charge >= 0.3 is 5.97 Å². The lowest BCUT2D eigenvalue weighted by atomic mass is 10.2. The molecule has 6 aromatic rings. The van der Waals surface area contributed by atoms with Crippen molar-refractivity contribution < 1.29 is 14.7 Å². The average molecular weight is 729 g/mol. The molecule has 0 atom stereocenters. The second-order valence-electron chi connectivity index (χ2n) is 7.89. The molecule has 0 bridgehead atoms. The van der Waals surface area contributed by atoms with Crippen LogP contribution >= 0.6 is 45.2 Å². The number of halogens is 2. The van der Waals surface area contributed by atoms with E-state index in [4.69, 9.17) is 5.73 Å². The number of hydrogen-bond acceptors (Lipinski definition) is 6. The van der Waals surface area contributed by atoms with Crippen molar-refractivity contribution >= 4 is 78.9 Å². The number of nitrogens with two attached hydrogens (primary N) is 1. The third kappa shape index (κ3) is 5.08. The Kier molecular flexibility index (Phi) is 7.33. The number of carbonyl (C=O) groups is 2. The Morgan fingerprint density at radius 2 is 1.16 bits per heavy atom. The van der Waals surface area contributed by atoms with Crippen molar-refractivity contribution in [2.24, 2.45) is 5.73 Å². The van der Waals surface area contributed by atoms with Gasteiger partial charge in [0.25, 0.3) is 5.91 Å². The molecule has 0 spiro atoms. The predicted octanol–water partition coefficient (Wildman–Crippen LogP) is 4.85. The van der Waals surface area contributed by atoms with Gasteiger partial charge in [0.2, 0.25) is 0 Å². The Bertz CT molecular complexity index is 1700. The van der Waals surface area contributed by atoms with Crippen LogP contribution < -0.4 is 5.73 Å². The van der Waals surface area contributed by atoms with E-state index in [-0.39, 0.29) is 11.4 Å². The lowest BCUT2D eigenvalue weighted by Crippen LogP contribution is -2.12. The number of amides is 1. The van der Waals surface area contributed by atoms with E-state index < -0.39 is 11.9 Å². The minimum atomic E-state index is -1.04. The number of hydrogen-bond donors (Lipinski definition) is 2. The summed E-state index contributed by atoms with van der Waals surface area (Å²) in [6.45, 7) is 0.